The van der Waals surface area contributed by atoms with E-state index in [0.717, 1.165) is 11.8 Å². The maximum atomic E-state index is 2.77. The summed E-state index contributed by atoms with van der Waals surface area (Å²) < 4.78 is 0. The Morgan fingerprint density at radius 1 is 0.459 bits per heavy atom. The summed E-state index contributed by atoms with van der Waals surface area (Å²) in [6.07, 6.45) is 11.9. The molecule has 7 aliphatic carbocycles. The Bertz CT molecular complexity index is 2480. The standard InChI is InChI=1S/C60H71N/c1-55(2,3)40-18-16-39(17-19-40)45-22-25-50-53(46-14-12-13-15-47(46)60(50)41-31-37-30-38(33-41)34-42(60)32-37)54(45)61(43-20-23-48-51(35-43)58(8,9)28-26-56(48,4)5)44-21-24-49-52(36-44)59(10,11)29-27-57(49,6)7/h12-25,35-38,41-42H,26-34H2,1-11H3. The van der Waals surface area contributed by atoms with E-state index in [9.17, 15) is 0 Å². The van der Waals surface area contributed by atoms with Gasteiger partial charge in [0.25, 0.3) is 0 Å². The molecule has 5 aromatic rings. The van der Waals surface area contributed by atoms with Gasteiger partial charge in [0, 0.05) is 27.9 Å². The molecule has 0 saturated heterocycles. The molecule has 0 N–H and O–H groups in total. The molecule has 0 amide bonds. The third-order valence-electron chi connectivity index (χ3n) is 18.2. The number of fused-ring (bicyclic) bond motifs is 5. The molecular formula is C60H71N. The maximum absolute atomic E-state index is 2.77. The van der Waals surface area contributed by atoms with E-state index in [-0.39, 0.29) is 32.5 Å². The normalized spacial score (nSPS) is 27.9. The molecule has 1 nitrogen and oxygen atoms in total. The summed E-state index contributed by atoms with van der Waals surface area (Å²) in [6, 6.07) is 40.0. The molecule has 12 rings (SSSR count). The fraction of sp³-hybridized carbons (Fsp3) is 0.500. The Labute approximate surface area is 368 Å². The largest absolute Gasteiger partial charge is 0.309 e. The van der Waals surface area contributed by atoms with Gasteiger partial charge in [-0.25, -0.2) is 0 Å². The molecule has 0 aromatic heterocycles. The zero-order chi connectivity index (χ0) is 42.6. The van der Waals surface area contributed by atoms with Gasteiger partial charge in [0.15, 0.2) is 0 Å². The molecule has 4 saturated carbocycles. The molecule has 0 radical (unpaired) electrons. The Morgan fingerprint density at radius 2 is 0.934 bits per heavy atom. The molecule has 7 aliphatic rings. The van der Waals surface area contributed by atoms with E-state index in [1.54, 1.807) is 11.1 Å². The summed E-state index contributed by atoms with van der Waals surface area (Å²) in [5.41, 5.74) is 20.9. The van der Waals surface area contributed by atoms with Gasteiger partial charge in [-0.05, 0) is 183 Å². The highest BCUT2D eigenvalue weighted by Crippen LogP contribution is 2.71. The van der Waals surface area contributed by atoms with E-state index in [0.29, 0.717) is 11.8 Å². The number of anilines is 3. The maximum Gasteiger partial charge on any atom is 0.0621 e. The highest BCUT2D eigenvalue weighted by molar-refractivity contribution is 6.02. The van der Waals surface area contributed by atoms with Crippen LogP contribution in [0.4, 0.5) is 17.1 Å². The van der Waals surface area contributed by atoms with Crippen molar-refractivity contribution in [2.75, 3.05) is 4.90 Å². The highest BCUT2D eigenvalue weighted by atomic mass is 15.1. The van der Waals surface area contributed by atoms with Crippen molar-refractivity contribution in [2.45, 2.75) is 166 Å². The average molecular weight is 806 g/mol. The molecule has 0 aliphatic heterocycles. The van der Waals surface area contributed by atoms with Crippen LogP contribution in [0.1, 0.15) is 173 Å². The third-order valence-corrected chi connectivity index (χ3v) is 18.2. The van der Waals surface area contributed by atoms with Gasteiger partial charge >= 0.3 is 0 Å². The van der Waals surface area contributed by atoms with E-state index in [4.69, 9.17) is 0 Å². The third kappa shape index (κ3) is 5.76. The van der Waals surface area contributed by atoms with Crippen LogP contribution in [-0.2, 0) is 32.5 Å². The molecule has 4 bridgehead atoms. The summed E-state index contributed by atoms with van der Waals surface area (Å²) in [5, 5.41) is 0. The van der Waals surface area contributed by atoms with Gasteiger partial charge in [0.2, 0.25) is 0 Å². The first-order chi connectivity index (χ1) is 28.8. The topological polar surface area (TPSA) is 3.24 Å². The van der Waals surface area contributed by atoms with E-state index < -0.39 is 0 Å². The van der Waals surface area contributed by atoms with Crippen molar-refractivity contribution < 1.29 is 0 Å². The van der Waals surface area contributed by atoms with Crippen molar-refractivity contribution in [3.05, 3.63) is 136 Å². The lowest BCUT2D eigenvalue weighted by Crippen LogP contribution is -2.55. The first kappa shape index (κ1) is 39.7. The van der Waals surface area contributed by atoms with Crippen molar-refractivity contribution in [2.24, 2.45) is 23.7 Å². The average Bonchev–Trinajstić information content (AvgIpc) is 3.51. The van der Waals surface area contributed by atoms with Crippen LogP contribution in [0.15, 0.2) is 97.1 Å². The molecule has 5 aromatic carbocycles. The lowest BCUT2D eigenvalue weighted by Gasteiger charge is -2.61. The highest BCUT2D eigenvalue weighted by Gasteiger charge is 2.62. The van der Waals surface area contributed by atoms with Crippen LogP contribution in [0.3, 0.4) is 0 Å². The van der Waals surface area contributed by atoms with Crippen molar-refractivity contribution in [3.63, 3.8) is 0 Å². The number of benzene rings is 5. The minimum atomic E-state index is 0.0815. The molecule has 61 heavy (non-hydrogen) atoms. The van der Waals surface area contributed by atoms with Crippen molar-refractivity contribution in [1.82, 2.24) is 0 Å². The predicted molar refractivity (Wildman–Crippen MR) is 259 cm³/mol. The monoisotopic (exact) mass is 806 g/mol. The van der Waals surface area contributed by atoms with Crippen LogP contribution in [0.25, 0.3) is 22.3 Å². The molecule has 1 spiro atoms. The summed E-state index contributed by atoms with van der Waals surface area (Å²) in [5.74, 6) is 3.24. The summed E-state index contributed by atoms with van der Waals surface area (Å²) >= 11 is 0. The fourth-order valence-corrected chi connectivity index (χ4v) is 14.7. The second kappa shape index (κ2) is 13.0. The van der Waals surface area contributed by atoms with Crippen molar-refractivity contribution >= 4 is 17.1 Å². The Morgan fingerprint density at radius 3 is 1.44 bits per heavy atom. The first-order valence-electron chi connectivity index (χ1n) is 24.3. The van der Waals surface area contributed by atoms with Crippen molar-refractivity contribution in [3.8, 4) is 22.3 Å². The summed E-state index contributed by atoms with van der Waals surface area (Å²) in [6.45, 7) is 26.9. The lowest BCUT2D eigenvalue weighted by molar-refractivity contribution is -0.0399. The number of hydrogen-bond donors (Lipinski definition) is 0. The zero-order valence-corrected chi connectivity index (χ0v) is 39.4. The summed E-state index contributed by atoms with van der Waals surface area (Å²) in [4.78, 5) is 2.77. The van der Waals surface area contributed by atoms with Gasteiger partial charge in [-0.15, -0.1) is 0 Å². The molecule has 316 valence electrons. The molecule has 1 heteroatoms. The SMILES string of the molecule is CC(C)(C)c1ccc(-c2ccc3c(c2N(c2ccc4c(c2)C(C)(C)CCC4(C)C)c2ccc4c(c2)C(C)(C)CCC4(C)C)-c2ccccc2C32C3CC4CC(C3)CC2C4)cc1. The molecule has 0 unspecified atom stereocenters. The smallest absolute Gasteiger partial charge is 0.0621 e. The van der Waals surface area contributed by atoms with Crippen LogP contribution in [-0.4, -0.2) is 0 Å². The van der Waals surface area contributed by atoms with E-state index in [1.165, 1.54) is 125 Å². The zero-order valence-electron chi connectivity index (χ0n) is 39.4. The number of rotatable bonds is 4. The molecule has 0 atom stereocenters. The van der Waals surface area contributed by atoms with Crippen LogP contribution < -0.4 is 4.90 Å². The first-order valence-corrected chi connectivity index (χ1v) is 24.3. The minimum Gasteiger partial charge on any atom is -0.309 e. The minimum absolute atomic E-state index is 0.0815. The molecule has 0 heterocycles. The quantitative estimate of drug-likeness (QED) is 0.175. The van der Waals surface area contributed by atoms with Gasteiger partial charge in [-0.2, -0.15) is 0 Å². The lowest BCUT2D eigenvalue weighted by atomic mass is 9.43. The molecule has 4 fully saturated rings. The Balaban J connectivity index is 1.25. The number of nitrogens with zero attached hydrogens (tertiary/aromatic N) is 1. The number of hydrogen-bond acceptors (Lipinski definition) is 1. The van der Waals surface area contributed by atoms with Crippen molar-refractivity contribution in [1.29, 1.82) is 0 Å². The molecular weight excluding hydrogens is 735 g/mol. The van der Waals surface area contributed by atoms with Crippen LogP contribution in [0.2, 0.25) is 0 Å². The Hall–Kier alpha value is -4.10. The summed E-state index contributed by atoms with van der Waals surface area (Å²) in [7, 11) is 0. The van der Waals surface area contributed by atoms with Gasteiger partial charge in [0.05, 0.1) is 5.69 Å². The van der Waals surface area contributed by atoms with Gasteiger partial charge < -0.3 is 4.90 Å². The second-order valence-electron chi connectivity index (χ2n) is 24.8. The van der Waals surface area contributed by atoms with Gasteiger partial charge in [-0.1, -0.05) is 149 Å². The predicted octanol–water partition coefficient (Wildman–Crippen LogP) is 16.5. The van der Waals surface area contributed by atoms with E-state index in [1.807, 2.05) is 0 Å². The van der Waals surface area contributed by atoms with Crippen LogP contribution in [0.5, 0.6) is 0 Å². The van der Waals surface area contributed by atoms with Crippen LogP contribution in [0, 0.1) is 23.7 Å². The van der Waals surface area contributed by atoms with Gasteiger partial charge in [0.1, 0.15) is 0 Å². The van der Waals surface area contributed by atoms with Crippen LogP contribution >= 0.6 is 0 Å². The van der Waals surface area contributed by atoms with E-state index in [2.05, 4.69) is 178 Å². The fourth-order valence-electron chi connectivity index (χ4n) is 14.7. The Kier molecular flexibility index (Phi) is 8.46. The van der Waals surface area contributed by atoms with Gasteiger partial charge in [-0.3, -0.25) is 0 Å². The van der Waals surface area contributed by atoms with E-state index >= 15 is 0 Å². The second-order valence-corrected chi connectivity index (χ2v) is 24.8.